The summed E-state index contributed by atoms with van der Waals surface area (Å²) in [6.45, 7) is 10.2. The van der Waals surface area contributed by atoms with E-state index in [0.717, 1.165) is 36.8 Å². The Bertz CT molecular complexity index is 668. The van der Waals surface area contributed by atoms with Crippen LogP contribution in [0.4, 0.5) is 4.39 Å². The van der Waals surface area contributed by atoms with Crippen LogP contribution < -0.4 is 5.32 Å². The molecule has 3 rings (SSSR count). The summed E-state index contributed by atoms with van der Waals surface area (Å²) in [6.07, 6.45) is 2.00. The van der Waals surface area contributed by atoms with Crippen LogP contribution in [0, 0.1) is 5.82 Å². The highest BCUT2D eigenvalue weighted by molar-refractivity contribution is 7.11. The van der Waals surface area contributed by atoms with Gasteiger partial charge in [-0.25, -0.2) is 9.37 Å². The molecule has 0 bridgehead atoms. The molecule has 0 spiro atoms. The van der Waals surface area contributed by atoms with Crippen molar-refractivity contribution in [2.75, 3.05) is 19.6 Å². The Labute approximate surface area is 153 Å². The van der Waals surface area contributed by atoms with E-state index >= 15 is 0 Å². The van der Waals surface area contributed by atoms with Crippen molar-refractivity contribution >= 4 is 23.7 Å². The molecule has 1 aromatic carbocycles. The van der Waals surface area contributed by atoms with Gasteiger partial charge in [0.2, 0.25) is 0 Å². The van der Waals surface area contributed by atoms with E-state index in [2.05, 4.69) is 36.0 Å². The van der Waals surface area contributed by atoms with Crippen molar-refractivity contribution in [3.05, 3.63) is 51.7 Å². The maximum absolute atomic E-state index is 13.6. The van der Waals surface area contributed by atoms with Gasteiger partial charge in [-0.1, -0.05) is 32.9 Å². The van der Waals surface area contributed by atoms with E-state index in [9.17, 15) is 4.39 Å². The summed E-state index contributed by atoms with van der Waals surface area (Å²) >= 11 is 1.79. The lowest BCUT2D eigenvalue weighted by Gasteiger charge is -2.36. The van der Waals surface area contributed by atoms with Crippen molar-refractivity contribution in [2.24, 2.45) is 0 Å². The Hall–Kier alpha value is -1.01. The molecule has 1 unspecified atom stereocenters. The molecule has 24 heavy (non-hydrogen) atoms. The SMILES string of the molecule is CC(C)(C)c1cnc(CN2CCNCC2c2cccc(F)c2)s1.Cl. The first-order chi connectivity index (χ1) is 10.9. The van der Waals surface area contributed by atoms with Crippen LogP contribution in [0.15, 0.2) is 30.5 Å². The van der Waals surface area contributed by atoms with Crippen LogP contribution in [0.3, 0.4) is 0 Å². The highest BCUT2D eigenvalue weighted by Crippen LogP contribution is 2.30. The number of piperazine rings is 1. The molecule has 3 nitrogen and oxygen atoms in total. The van der Waals surface area contributed by atoms with Gasteiger partial charge in [0.15, 0.2) is 0 Å². The molecule has 0 radical (unpaired) electrons. The van der Waals surface area contributed by atoms with E-state index < -0.39 is 0 Å². The zero-order valence-electron chi connectivity index (χ0n) is 14.4. The van der Waals surface area contributed by atoms with Gasteiger partial charge in [0.1, 0.15) is 10.8 Å². The number of halogens is 2. The number of nitrogens with one attached hydrogen (secondary N) is 1. The fourth-order valence-electron chi connectivity index (χ4n) is 2.88. The topological polar surface area (TPSA) is 28.2 Å². The standard InChI is InChI=1S/C18H24FN3S.ClH/c1-18(2,3)16-11-21-17(23-16)12-22-8-7-20-10-15(22)13-5-4-6-14(19)9-13;/h4-6,9,11,15,20H,7-8,10,12H2,1-3H3;1H. The van der Waals surface area contributed by atoms with Gasteiger partial charge < -0.3 is 5.32 Å². The van der Waals surface area contributed by atoms with Crippen LogP contribution in [0.5, 0.6) is 0 Å². The largest absolute Gasteiger partial charge is 0.314 e. The molecule has 2 heterocycles. The number of rotatable bonds is 3. The second-order valence-corrected chi connectivity index (χ2v) is 8.23. The predicted octanol–water partition coefficient (Wildman–Crippen LogP) is 4.15. The molecule has 6 heteroatoms. The van der Waals surface area contributed by atoms with Crippen molar-refractivity contribution in [1.82, 2.24) is 15.2 Å². The lowest BCUT2D eigenvalue weighted by Crippen LogP contribution is -2.45. The minimum absolute atomic E-state index is 0. The average molecular weight is 370 g/mol. The highest BCUT2D eigenvalue weighted by Gasteiger charge is 2.25. The Kier molecular flexibility index (Phi) is 6.37. The smallest absolute Gasteiger partial charge is 0.123 e. The zero-order chi connectivity index (χ0) is 16.4. The molecule has 0 aliphatic carbocycles. The van der Waals surface area contributed by atoms with Crippen LogP contribution >= 0.6 is 23.7 Å². The van der Waals surface area contributed by atoms with Gasteiger partial charge in [-0.2, -0.15) is 0 Å². The molecule has 1 aliphatic rings. The molecule has 1 saturated heterocycles. The number of hydrogen-bond acceptors (Lipinski definition) is 4. The first kappa shape index (κ1) is 19.3. The van der Waals surface area contributed by atoms with Gasteiger partial charge in [-0.15, -0.1) is 23.7 Å². The molecule has 0 saturated carbocycles. The summed E-state index contributed by atoms with van der Waals surface area (Å²) in [7, 11) is 0. The molecule has 1 aromatic heterocycles. The summed E-state index contributed by atoms with van der Waals surface area (Å²) in [6, 6.07) is 7.14. The zero-order valence-corrected chi connectivity index (χ0v) is 16.0. The van der Waals surface area contributed by atoms with E-state index in [4.69, 9.17) is 0 Å². The minimum atomic E-state index is -0.169. The number of hydrogen-bond donors (Lipinski definition) is 1. The number of aromatic nitrogens is 1. The van der Waals surface area contributed by atoms with E-state index in [1.165, 1.54) is 10.9 Å². The van der Waals surface area contributed by atoms with E-state index in [1.54, 1.807) is 23.5 Å². The summed E-state index contributed by atoms with van der Waals surface area (Å²) in [5.74, 6) is -0.169. The first-order valence-electron chi connectivity index (χ1n) is 8.09. The van der Waals surface area contributed by atoms with Crippen LogP contribution in [0.25, 0.3) is 0 Å². The minimum Gasteiger partial charge on any atom is -0.314 e. The van der Waals surface area contributed by atoms with Gasteiger partial charge in [-0.3, -0.25) is 4.90 Å². The molecule has 1 aliphatic heterocycles. The second-order valence-electron chi connectivity index (χ2n) is 7.11. The summed E-state index contributed by atoms with van der Waals surface area (Å²) in [5, 5.41) is 4.55. The third kappa shape index (κ3) is 4.54. The maximum Gasteiger partial charge on any atom is 0.123 e. The Morgan fingerprint density at radius 2 is 2.17 bits per heavy atom. The average Bonchev–Trinajstić information content (AvgIpc) is 2.96. The molecule has 1 atom stereocenters. The fraction of sp³-hybridized carbons (Fsp3) is 0.500. The van der Waals surface area contributed by atoms with E-state index in [0.29, 0.717) is 0 Å². The van der Waals surface area contributed by atoms with Crippen LogP contribution in [-0.2, 0) is 12.0 Å². The predicted molar refractivity (Wildman–Crippen MR) is 100 cm³/mol. The third-order valence-electron chi connectivity index (χ3n) is 4.22. The normalized spacial score (nSPS) is 19.1. The van der Waals surface area contributed by atoms with Crippen molar-refractivity contribution < 1.29 is 4.39 Å². The first-order valence-corrected chi connectivity index (χ1v) is 8.90. The van der Waals surface area contributed by atoms with Crippen LogP contribution in [0.2, 0.25) is 0 Å². The van der Waals surface area contributed by atoms with Crippen LogP contribution in [-0.4, -0.2) is 29.5 Å². The van der Waals surface area contributed by atoms with Crippen LogP contribution in [0.1, 0.15) is 42.3 Å². The summed E-state index contributed by atoms with van der Waals surface area (Å²) < 4.78 is 13.6. The van der Waals surface area contributed by atoms with Crippen molar-refractivity contribution in [3.63, 3.8) is 0 Å². The molecule has 1 N–H and O–H groups in total. The Balaban J connectivity index is 0.00000208. The summed E-state index contributed by atoms with van der Waals surface area (Å²) in [4.78, 5) is 8.31. The lowest BCUT2D eigenvalue weighted by molar-refractivity contribution is 0.153. The molecule has 2 aromatic rings. The summed E-state index contributed by atoms with van der Waals surface area (Å²) in [5.41, 5.74) is 1.17. The van der Waals surface area contributed by atoms with E-state index in [1.807, 2.05) is 12.3 Å². The number of benzene rings is 1. The van der Waals surface area contributed by atoms with E-state index in [-0.39, 0.29) is 29.7 Å². The third-order valence-corrected chi connectivity index (χ3v) is 5.63. The molecule has 132 valence electrons. The molecule has 0 amide bonds. The van der Waals surface area contributed by atoms with Gasteiger partial charge in [-0.05, 0) is 23.1 Å². The van der Waals surface area contributed by atoms with Crippen molar-refractivity contribution in [1.29, 1.82) is 0 Å². The molecular weight excluding hydrogens is 345 g/mol. The number of nitrogens with zero attached hydrogens (tertiary/aromatic N) is 2. The van der Waals surface area contributed by atoms with Gasteiger partial charge in [0.25, 0.3) is 0 Å². The van der Waals surface area contributed by atoms with Gasteiger partial charge >= 0.3 is 0 Å². The quantitative estimate of drug-likeness (QED) is 0.880. The second kappa shape index (κ2) is 7.91. The molecule has 1 fully saturated rings. The lowest BCUT2D eigenvalue weighted by atomic mass is 9.96. The highest BCUT2D eigenvalue weighted by atomic mass is 35.5. The van der Waals surface area contributed by atoms with Gasteiger partial charge in [0, 0.05) is 36.8 Å². The monoisotopic (exact) mass is 369 g/mol. The maximum atomic E-state index is 13.6. The van der Waals surface area contributed by atoms with Crippen molar-refractivity contribution in [2.45, 2.75) is 38.8 Å². The fourth-order valence-corrected chi connectivity index (χ4v) is 3.88. The Morgan fingerprint density at radius 3 is 2.83 bits per heavy atom. The van der Waals surface area contributed by atoms with Crippen molar-refractivity contribution in [3.8, 4) is 0 Å². The Morgan fingerprint density at radius 1 is 1.38 bits per heavy atom. The molecular formula is C18H25ClFN3S. The number of thiazole rings is 1. The van der Waals surface area contributed by atoms with Gasteiger partial charge in [0.05, 0.1) is 6.54 Å².